The van der Waals surface area contributed by atoms with E-state index in [1.807, 2.05) is 41.5 Å². The van der Waals surface area contributed by atoms with Crippen LogP contribution in [-0.2, 0) is 18.9 Å². The van der Waals surface area contributed by atoms with Gasteiger partial charge in [0.15, 0.2) is 0 Å². The summed E-state index contributed by atoms with van der Waals surface area (Å²) in [6.07, 6.45) is -1.91. The van der Waals surface area contributed by atoms with Crippen molar-refractivity contribution in [1.82, 2.24) is 0 Å². The van der Waals surface area contributed by atoms with Gasteiger partial charge in [-0.05, 0) is 41.5 Å². The first-order valence-electron chi connectivity index (χ1n) is 7.77. The first kappa shape index (κ1) is 21.7. The van der Waals surface area contributed by atoms with Crippen LogP contribution in [0.2, 0.25) is 0 Å². The molecule has 0 aromatic carbocycles. The lowest BCUT2D eigenvalue weighted by molar-refractivity contribution is -0.167. The summed E-state index contributed by atoms with van der Waals surface area (Å²) in [7, 11) is 0. The van der Waals surface area contributed by atoms with E-state index in [0.717, 1.165) is 0 Å². The van der Waals surface area contributed by atoms with Gasteiger partial charge in [-0.3, -0.25) is 0 Å². The van der Waals surface area contributed by atoms with E-state index < -0.39 is 29.8 Å². The number of hydrogen-bond acceptors (Lipinski definition) is 7. The largest absolute Gasteiger partial charge is 0.388 e. The quantitative estimate of drug-likeness (QED) is 0.451. The predicted octanol–water partition coefficient (Wildman–Crippen LogP) is 0.580. The van der Waals surface area contributed by atoms with E-state index in [-0.39, 0.29) is 13.2 Å². The molecular formula is C15H34N2O5. The molecule has 0 bridgehead atoms. The molecule has 5 N–H and O–H groups in total. The average molecular weight is 322 g/mol. The second-order valence-electron chi connectivity index (χ2n) is 6.23. The zero-order chi connectivity index (χ0) is 17.4. The summed E-state index contributed by atoms with van der Waals surface area (Å²) in [4.78, 5) is 0. The Morgan fingerprint density at radius 3 is 1.41 bits per heavy atom. The maximum Gasteiger partial charge on any atom is 0.134 e. The minimum Gasteiger partial charge on any atom is -0.388 e. The maximum absolute atomic E-state index is 9.99. The number of rotatable bonds is 12. The first-order chi connectivity index (χ1) is 10.1. The molecule has 134 valence electrons. The molecule has 0 aromatic heterocycles. The van der Waals surface area contributed by atoms with E-state index in [1.165, 1.54) is 0 Å². The highest BCUT2D eigenvalue weighted by molar-refractivity contribution is 4.78. The second kappa shape index (κ2) is 9.77. The Hall–Kier alpha value is -0.280. The Morgan fingerprint density at radius 2 is 1.14 bits per heavy atom. The van der Waals surface area contributed by atoms with Gasteiger partial charge in [-0.25, -0.2) is 0 Å². The number of hydrogen-bond donors (Lipinski definition) is 3. The minimum atomic E-state index is -0.791. The van der Waals surface area contributed by atoms with Crippen LogP contribution in [0.5, 0.6) is 0 Å². The molecule has 0 rings (SSSR count). The van der Waals surface area contributed by atoms with E-state index in [0.29, 0.717) is 13.2 Å². The Kier molecular flexibility index (Phi) is 9.64. The molecule has 2 unspecified atom stereocenters. The Morgan fingerprint density at radius 1 is 0.818 bits per heavy atom. The van der Waals surface area contributed by atoms with Gasteiger partial charge in [-0.2, -0.15) is 0 Å². The summed E-state index contributed by atoms with van der Waals surface area (Å²) in [5, 5.41) is 9.99. The summed E-state index contributed by atoms with van der Waals surface area (Å²) in [5.74, 6) is 0. The molecule has 0 aliphatic carbocycles. The molecule has 0 aromatic rings. The van der Waals surface area contributed by atoms with Gasteiger partial charge in [0.1, 0.15) is 29.8 Å². The summed E-state index contributed by atoms with van der Waals surface area (Å²) in [5.41, 5.74) is 10.3. The fourth-order valence-electron chi connectivity index (χ4n) is 1.59. The zero-order valence-electron chi connectivity index (χ0n) is 14.8. The van der Waals surface area contributed by atoms with Crippen LogP contribution in [0.25, 0.3) is 0 Å². The van der Waals surface area contributed by atoms with Crippen molar-refractivity contribution in [2.45, 2.75) is 71.3 Å². The molecule has 2 atom stereocenters. The van der Waals surface area contributed by atoms with Crippen LogP contribution in [0.15, 0.2) is 0 Å². The van der Waals surface area contributed by atoms with Crippen molar-refractivity contribution in [1.29, 1.82) is 0 Å². The lowest BCUT2D eigenvalue weighted by atomic mass is 10.1. The van der Waals surface area contributed by atoms with Crippen LogP contribution < -0.4 is 11.5 Å². The first-order valence-corrected chi connectivity index (χ1v) is 7.77. The summed E-state index contributed by atoms with van der Waals surface area (Å²) < 4.78 is 21.9. The highest BCUT2D eigenvalue weighted by Gasteiger charge is 2.31. The van der Waals surface area contributed by atoms with Gasteiger partial charge in [0.2, 0.25) is 0 Å². The van der Waals surface area contributed by atoms with Crippen LogP contribution >= 0.6 is 0 Å². The molecule has 0 saturated carbocycles. The molecule has 0 saturated heterocycles. The van der Waals surface area contributed by atoms with Gasteiger partial charge in [-0.15, -0.1) is 0 Å². The molecule has 0 fully saturated rings. The molecule has 7 nitrogen and oxygen atoms in total. The molecule has 22 heavy (non-hydrogen) atoms. The molecule has 0 spiro atoms. The van der Waals surface area contributed by atoms with Crippen LogP contribution in [0, 0.1) is 0 Å². The molecule has 0 amide bonds. The summed E-state index contributed by atoms with van der Waals surface area (Å²) >= 11 is 0. The van der Waals surface area contributed by atoms with Crippen molar-refractivity contribution in [2.24, 2.45) is 11.5 Å². The number of ether oxygens (including phenoxy) is 4. The molecule has 0 radical (unpaired) electrons. The lowest BCUT2D eigenvalue weighted by Crippen LogP contribution is -2.50. The summed E-state index contributed by atoms with van der Waals surface area (Å²) in [6, 6.07) is 0. The van der Waals surface area contributed by atoms with Crippen molar-refractivity contribution in [3.05, 3.63) is 0 Å². The third kappa shape index (κ3) is 7.82. The van der Waals surface area contributed by atoms with E-state index in [2.05, 4.69) is 0 Å². The minimum absolute atomic E-state index is 0.0910. The van der Waals surface area contributed by atoms with E-state index in [4.69, 9.17) is 30.4 Å². The van der Waals surface area contributed by atoms with Crippen LogP contribution in [-0.4, -0.2) is 61.3 Å². The molecule has 0 heterocycles. The molecule has 0 aliphatic rings. The van der Waals surface area contributed by atoms with Gasteiger partial charge in [0.05, 0.1) is 13.2 Å². The second-order valence-corrected chi connectivity index (χ2v) is 6.23. The monoisotopic (exact) mass is 322 g/mol. The Bertz CT molecular complexity index is 272. The van der Waals surface area contributed by atoms with E-state index in [9.17, 15) is 5.11 Å². The SMILES string of the molecule is CCOC(N)C(C)(C)OCC(O)COC(C)(C)C(N)OCC. The van der Waals surface area contributed by atoms with Crippen molar-refractivity contribution in [2.75, 3.05) is 26.4 Å². The predicted molar refractivity (Wildman–Crippen MR) is 85.3 cm³/mol. The van der Waals surface area contributed by atoms with E-state index >= 15 is 0 Å². The normalized spacial score (nSPS) is 17.3. The number of aliphatic hydroxyl groups excluding tert-OH is 1. The van der Waals surface area contributed by atoms with Crippen molar-refractivity contribution in [3.8, 4) is 0 Å². The Labute approximate surface area is 134 Å². The topological polar surface area (TPSA) is 109 Å². The lowest BCUT2D eigenvalue weighted by Gasteiger charge is -2.34. The van der Waals surface area contributed by atoms with Gasteiger partial charge >= 0.3 is 0 Å². The highest BCUT2D eigenvalue weighted by atomic mass is 16.6. The molecule has 0 aliphatic heterocycles. The number of aliphatic hydroxyl groups is 1. The average Bonchev–Trinajstić information content (AvgIpc) is 2.43. The zero-order valence-corrected chi connectivity index (χ0v) is 14.8. The van der Waals surface area contributed by atoms with Crippen molar-refractivity contribution < 1.29 is 24.1 Å². The van der Waals surface area contributed by atoms with Gasteiger partial charge in [0, 0.05) is 13.2 Å². The van der Waals surface area contributed by atoms with Crippen LogP contribution in [0.1, 0.15) is 41.5 Å². The van der Waals surface area contributed by atoms with E-state index in [1.54, 1.807) is 0 Å². The van der Waals surface area contributed by atoms with Crippen molar-refractivity contribution in [3.63, 3.8) is 0 Å². The smallest absolute Gasteiger partial charge is 0.134 e. The number of nitrogens with two attached hydrogens (primary N) is 2. The van der Waals surface area contributed by atoms with Crippen LogP contribution in [0.3, 0.4) is 0 Å². The third-order valence-corrected chi connectivity index (χ3v) is 3.36. The molecule has 7 heteroatoms. The summed E-state index contributed by atoms with van der Waals surface area (Å²) in [6.45, 7) is 12.2. The van der Waals surface area contributed by atoms with Crippen LogP contribution in [0.4, 0.5) is 0 Å². The molecular weight excluding hydrogens is 288 g/mol. The van der Waals surface area contributed by atoms with Gasteiger partial charge < -0.3 is 35.5 Å². The highest BCUT2D eigenvalue weighted by Crippen LogP contribution is 2.17. The fourth-order valence-corrected chi connectivity index (χ4v) is 1.59. The van der Waals surface area contributed by atoms with Crippen molar-refractivity contribution >= 4 is 0 Å². The standard InChI is InChI=1S/C15H34N2O5/c1-7-19-12(16)14(3,4)21-9-11(18)10-22-15(5,6)13(17)20-8-2/h11-13,18H,7-10,16-17H2,1-6H3. The fraction of sp³-hybridized carbons (Fsp3) is 1.00. The maximum atomic E-state index is 9.99. The van der Waals surface area contributed by atoms with Gasteiger partial charge in [0.25, 0.3) is 0 Å². The van der Waals surface area contributed by atoms with Gasteiger partial charge in [-0.1, -0.05) is 0 Å². The Balaban J connectivity index is 4.21. The third-order valence-electron chi connectivity index (χ3n) is 3.36.